The van der Waals surface area contributed by atoms with Crippen molar-refractivity contribution in [1.82, 2.24) is 4.57 Å². The van der Waals surface area contributed by atoms with E-state index in [9.17, 15) is 9.59 Å². The zero-order valence-corrected chi connectivity index (χ0v) is 11.3. The van der Waals surface area contributed by atoms with E-state index < -0.39 is 0 Å². The van der Waals surface area contributed by atoms with Crippen molar-refractivity contribution in [2.75, 3.05) is 5.32 Å². The first-order chi connectivity index (χ1) is 9.08. The fourth-order valence-electron chi connectivity index (χ4n) is 1.66. The molecule has 1 aromatic carbocycles. The van der Waals surface area contributed by atoms with Crippen LogP contribution in [0.2, 0.25) is 10.0 Å². The van der Waals surface area contributed by atoms with Gasteiger partial charge in [0.15, 0.2) is 6.29 Å². The molecule has 0 atom stereocenters. The van der Waals surface area contributed by atoms with Crippen LogP contribution in [0.25, 0.3) is 0 Å². The minimum absolute atomic E-state index is 0.0468. The topological polar surface area (TPSA) is 51.1 Å². The van der Waals surface area contributed by atoms with Gasteiger partial charge in [0, 0.05) is 21.9 Å². The molecule has 6 heteroatoms. The molecular weight excluding hydrogens is 287 g/mol. The molecule has 1 N–H and O–H groups in total. The van der Waals surface area contributed by atoms with Crippen molar-refractivity contribution in [3.05, 3.63) is 52.3 Å². The Morgan fingerprint density at radius 3 is 2.58 bits per heavy atom. The number of hydrogen-bond acceptors (Lipinski definition) is 2. The summed E-state index contributed by atoms with van der Waals surface area (Å²) in [5.74, 6) is -0.266. The summed E-state index contributed by atoms with van der Waals surface area (Å²) in [6, 6.07) is 8.11. The van der Waals surface area contributed by atoms with Crippen LogP contribution in [0.4, 0.5) is 5.69 Å². The molecule has 1 amide bonds. The first-order valence-electron chi connectivity index (χ1n) is 5.45. The summed E-state index contributed by atoms with van der Waals surface area (Å²) in [5, 5.41) is 3.55. The number of amides is 1. The van der Waals surface area contributed by atoms with E-state index in [4.69, 9.17) is 23.2 Å². The normalized spacial score (nSPS) is 10.2. The van der Waals surface area contributed by atoms with Gasteiger partial charge in [-0.15, -0.1) is 0 Å². The summed E-state index contributed by atoms with van der Waals surface area (Å²) in [5.41, 5.74) is 0.960. The standard InChI is InChI=1S/C13H10Cl2N2O2/c14-9-4-10(15)6-11(5-9)16-13(19)7-17-3-1-2-12(17)8-18/h1-6,8H,7H2,(H,16,19). The molecule has 0 bridgehead atoms. The highest BCUT2D eigenvalue weighted by Gasteiger charge is 2.07. The Labute approximate surface area is 119 Å². The van der Waals surface area contributed by atoms with Gasteiger partial charge in [-0.3, -0.25) is 9.59 Å². The van der Waals surface area contributed by atoms with Crippen LogP contribution >= 0.6 is 23.2 Å². The van der Waals surface area contributed by atoms with E-state index in [0.717, 1.165) is 0 Å². The van der Waals surface area contributed by atoms with Crippen LogP contribution in [0.3, 0.4) is 0 Å². The number of halogens is 2. The molecule has 2 rings (SSSR count). The number of aldehydes is 1. The number of carbonyl (C=O) groups is 2. The number of hydrogen-bond donors (Lipinski definition) is 1. The smallest absolute Gasteiger partial charge is 0.244 e. The number of aromatic nitrogens is 1. The molecular formula is C13H10Cl2N2O2. The molecule has 4 nitrogen and oxygen atoms in total. The Hall–Kier alpha value is -1.78. The predicted octanol–water partition coefficient (Wildman–Crippen LogP) is 3.25. The van der Waals surface area contributed by atoms with Gasteiger partial charge >= 0.3 is 0 Å². The van der Waals surface area contributed by atoms with Gasteiger partial charge in [0.1, 0.15) is 6.54 Å². The Bertz CT molecular complexity index is 603. The second kappa shape index (κ2) is 5.91. The predicted molar refractivity (Wildman–Crippen MR) is 74.9 cm³/mol. The molecule has 0 saturated heterocycles. The fourth-order valence-corrected chi connectivity index (χ4v) is 2.19. The molecule has 0 radical (unpaired) electrons. The van der Waals surface area contributed by atoms with Gasteiger partial charge in [-0.1, -0.05) is 23.2 Å². The van der Waals surface area contributed by atoms with Gasteiger partial charge < -0.3 is 9.88 Å². The van der Waals surface area contributed by atoms with E-state index in [-0.39, 0.29) is 12.5 Å². The van der Waals surface area contributed by atoms with Crippen LogP contribution in [-0.2, 0) is 11.3 Å². The van der Waals surface area contributed by atoms with Gasteiger partial charge in [-0.05, 0) is 30.3 Å². The van der Waals surface area contributed by atoms with Crippen LogP contribution in [0.15, 0.2) is 36.5 Å². The molecule has 0 unspecified atom stereocenters. The third kappa shape index (κ3) is 3.59. The molecule has 0 aliphatic carbocycles. The first kappa shape index (κ1) is 13.6. The summed E-state index contributed by atoms with van der Waals surface area (Å²) < 4.78 is 1.55. The second-order valence-electron chi connectivity index (χ2n) is 3.89. The van der Waals surface area contributed by atoms with Crippen molar-refractivity contribution < 1.29 is 9.59 Å². The van der Waals surface area contributed by atoms with Crippen molar-refractivity contribution in [3.63, 3.8) is 0 Å². The fraction of sp³-hybridized carbons (Fsp3) is 0.0769. The molecule has 98 valence electrons. The number of rotatable bonds is 4. The van der Waals surface area contributed by atoms with Crippen molar-refractivity contribution in [2.45, 2.75) is 6.54 Å². The third-order valence-electron chi connectivity index (χ3n) is 2.45. The highest BCUT2D eigenvalue weighted by atomic mass is 35.5. The lowest BCUT2D eigenvalue weighted by atomic mass is 10.3. The van der Waals surface area contributed by atoms with Crippen LogP contribution in [0.1, 0.15) is 10.5 Å². The molecule has 19 heavy (non-hydrogen) atoms. The van der Waals surface area contributed by atoms with E-state index in [1.165, 1.54) is 0 Å². The lowest BCUT2D eigenvalue weighted by Crippen LogP contribution is -2.19. The Morgan fingerprint density at radius 2 is 1.95 bits per heavy atom. The Morgan fingerprint density at radius 1 is 1.26 bits per heavy atom. The maximum Gasteiger partial charge on any atom is 0.244 e. The van der Waals surface area contributed by atoms with Crippen molar-refractivity contribution in [1.29, 1.82) is 0 Å². The van der Waals surface area contributed by atoms with E-state index >= 15 is 0 Å². The second-order valence-corrected chi connectivity index (χ2v) is 4.76. The molecule has 1 aromatic heterocycles. The maximum atomic E-state index is 11.8. The average molecular weight is 297 g/mol. The monoisotopic (exact) mass is 296 g/mol. The molecule has 1 heterocycles. The van der Waals surface area contributed by atoms with E-state index in [2.05, 4.69) is 5.32 Å². The number of carbonyl (C=O) groups excluding carboxylic acids is 2. The molecule has 0 aliphatic heterocycles. The summed E-state index contributed by atoms with van der Waals surface area (Å²) in [6.45, 7) is 0.0468. The number of anilines is 1. The Balaban J connectivity index is 2.07. The molecule has 0 saturated carbocycles. The number of benzene rings is 1. The van der Waals surface area contributed by atoms with Crippen LogP contribution in [-0.4, -0.2) is 16.8 Å². The summed E-state index contributed by atoms with van der Waals surface area (Å²) >= 11 is 11.7. The third-order valence-corrected chi connectivity index (χ3v) is 2.88. The minimum atomic E-state index is -0.266. The number of nitrogens with one attached hydrogen (secondary N) is 1. The van der Waals surface area contributed by atoms with Gasteiger partial charge in [-0.25, -0.2) is 0 Å². The van der Waals surface area contributed by atoms with E-state index in [1.807, 2.05) is 0 Å². The highest BCUT2D eigenvalue weighted by Crippen LogP contribution is 2.22. The number of nitrogens with zero attached hydrogens (tertiary/aromatic N) is 1. The van der Waals surface area contributed by atoms with Crippen LogP contribution in [0.5, 0.6) is 0 Å². The first-order valence-corrected chi connectivity index (χ1v) is 6.20. The van der Waals surface area contributed by atoms with E-state index in [1.54, 1.807) is 41.1 Å². The van der Waals surface area contributed by atoms with Gasteiger partial charge in [0.05, 0.1) is 5.69 Å². The maximum absolute atomic E-state index is 11.8. The lowest BCUT2D eigenvalue weighted by Gasteiger charge is -2.08. The summed E-state index contributed by atoms with van der Waals surface area (Å²) in [7, 11) is 0. The van der Waals surface area contributed by atoms with Crippen molar-refractivity contribution >= 4 is 41.1 Å². The zero-order valence-electron chi connectivity index (χ0n) is 9.77. The zero-order chi connectivity index (χ0) is 13.8. The molecule has 0 fully saturated rings. The molecule has 0 spiro atoms. The van der Waals surface area contributed by atoms with Crippen molar-refractivity contribution in [3.8, 4) is 0 Å². The average Bonchev–Trinajstić information content (AvgIpc) is 2.74. The summed E-state index contributed by atoms with van der Waals surface area (Å²) in [4.78, 5) is 22.6. The van der Waals surface area contributed by atoms with Crippen molar-refractivity contribution in [2.24, 2.45) is 0 Å². The van der Waals surface area contributed by atoms with Gasteiger partial charge in [0.25, 0.3) is 0 Å². The minimum Gasteiger partial charge on any atom is -0.336 e. The lowest BCUT2D eigenvalue weighted by molar-refractivity contribution is -0.116. The van der Waals surface area contributed by atoms with Crippen LogP contribution in [0, 0.1) is 0 Å². The quantitative estimate of drug-likeness (QED) is 0.881. The Kier molecular flexibility index (Phi) is 4.24. The largest absolute Gasteiger partial charge is 0.336 e. The molecule has 2 aromatic rings. The molecule has 0 aliphatic rings. The van der Waals surface area contributed by atoms with E-state index in [0.29, 0.717) is 27.7 Å². The highest BCUT2D eigenvalue weighted by molar-refractivity contribution is 6.35. The summed E-state index contributed by atoms with van der Waals surface area (Å²) in [6.07, 6.45) is 2.36. The SMILES string of the molecule is O=Cc1cccn1CC(=O)Nc1cc(Cl)cc(Cl)c1. The van der Waals surface area contributed by atoms with Gasteiger partial charge in [0.2, 0.25) is 5.91 Å². The van der Waals surface area contributed by atoms with Crippen LogP contribution < -0.4 is 5.32 Å². The van der Waals surface area contributed by atoms with Gasteiger partial charge in [-0.2, -0.15) is 0 Å².